The van der Waals surface area contributed by atoms with Gasteiger partial charge in [0.1, 0.15) is 0 Å². The smallest absolute Gasteiger partial charge is 0.262 e. The number of aryl methyl sites for hydroxylation is 1. The molecule has 136 valence electrons. The molecule has 0 aliphatic carbocycles. The molecule has 0 saturated carbocycles. The van der Waals surface area contributed by atoms with Crippen molar-refractivity contribution in [2.75, 3.05) is 32.7 Å². The number of amides is 2. The summed E-state index contributed by atoms with van der Waals surface area (Å²) in [7, 11) is 0. The summed E-state index contributed by atoms with van der Waals surface area (Å²) in [6, 6.07) is 6.71. The van der Waals surface area contributed by atoms with Crippen molar-refractivity contribution in [3.05, 3.63) is 35.4 Å². The normalized spacial score (nSPS) is 22.9. The molecule has 0 bridgehead atoms. The monoisotopic (exact) mass is 351 g/mol. The van der Waals surface area contributed by atoms with Gasteiger partial charge in [-0.2, -0.15) is 0 Å². The van der Waals surface area contributed by atoms with Crippen molar-refractivity contribution in [3.8, 4) is 0 Å². The van der Waals surface area contributed by atoms with Gasteiger partial charge in [-0.3, -0.25) is 14.9 Å². The molecule has 0 aromatic heterocycles. The van der Waals surface area contributed by atoms with E-state index in [9.17, 15) is 18.4 Å². The Morgan fingerprint density at radius 2 is 1.72 bits per heavy atom. The topological polar surface area (TPSA) is 52.7 Å². The minimum Gasteiger partial charge on any atom is -0.338 e. The largest absolute Gasteiger partial charge is 0.338 e. The molecule has 1 unspecified atom stereocenters. The predicted molar refractivity (Wildman–Crippen MR) is 89.7 cm³/mol. The summed E-state index contributed by atoms with van der Waals surface area (Å²) >= 11 is 0. The molecule has 0 radical (unpaired) electrons. The Kier molecular flexibility index (Phi) is 5.03. The fraction of sp³-hybridized carbons (Fsp3) is 0.556. The minimum atomic E-state index is -2.82. The summed E-state index contributed by atoms with van der Waals surface area (Å²) in [5.41, 5.74) is 1.81. The number of carbonyl (C=O) groups is 2. The SMILES string of the molecule is CCc1ccc(C(=O)N2CCN(C(=O)C3CC(F)(F)CN3)CC2)cc1. The summed E-state index contributed by atoms with van der Waals surface area (Å²) in [5.74, 6) is -3.17. The lowest BCUT2D eigenvalue weighted by molar-refractivity contribution is -0.135. The van der Waals surface area contributed by atoms with E-state index in [1.165, 1.54) is 5.56 Å². The standard InChI is InChI=1S/C18H23F2N3O2/c1-2-13-3-5-14(6-4-13)16(24)22-7-9-23(10-8-22)17(25)15-11-18(19,20)12-21-15/h3-6,15,21H,2,7-12H2,1H3. The molecule has 2 saturated heterocycles. The zero-order valence-corrected chi connectivity index (χ0v) is 14.3. The van der Waals surface area contributed by atoms with Crippen LogP contribution in [0.3, 0.4) is 0 Å². The van der Waals surface area contributed by atoms with Crippen LogP contribution in [0, 0.1) is 0 Å². The van der Waals surface area contributed by atoms with Crippen LogP contribution in [0.4, 0.5) is 8.78 Å². The minimum absolute atomic E-state index is 0.0553. The molecule has 2 aliphatic rings. The molecule has 3 rings (SSSR count). The molecule has 0 spiro atoms. The zero-order chi connectivity index (χ0) is 18.0. The van der Waals surface area contributed by atoms with E-state index in [-0.39, 0.29) is 11.8 Å². The second-order valence-corrected chi connectivity index (χ2v) is 6.66. The fourth-order valence-electron chi connectivity index (χ4n) is 3.31. The Labute approximate surface area is 146 Å². The number of halogens is 2. The van der Waals surface area contributed by atoms with E-state index in [0.717, 1.165) is 6.42 Å². The van der Waals surface area contributed by atoms with E-state index in [1.807, 2.05) is 24.3 Å². The zero-order valence-electron chi connectivity index (χ0n) is 14.3. The third kappa shape index (κ3) is 3.98. The highest BCUT2D eigenvalue weighted by Crippen LogP contribution is 2.26. The van der Waals surface area contributed by atoms with Gasteiger partial charge in [0.05, 0.1) is 12.6 Å². The van der Waals surface area contributed by atoms with Gasteiger partial charge in [-0.1, -0.05) is 19.1 Å². The van der Waals surface area contributed by atoms with Crippen molar-refractivity contribution in [3.63, 3.8) is 0 Å². The summed E-state index contributed by atoms with van der Waals surface area (Å²) < 4.78 is 26.5. The maximum atomic E-state index is 13.2. The Morgan fingerprint density at radius 3 is 2.24 bits per heavy atom. The molecule has 1 aromatic rings. The number of nitrogens with one attached hydrogen (secondary N) is 1. The molecule has 5 nitrogen and oxygen atoms in total. The first-order valence-electron chi connectivity index (χ1n) is 8.68. The lowest BCUT2D eigenvalue weighted by Crippen LogP contribution is -2.54. The third-order valence-corrected chi connectivity index (χ3v) is 4.90. The van der Waals surface area contributed by atoms with Crippen molar-refractivity contribution < 1.29 is 18.4 Å². The van der Waals surface area contributed by atoms with Crippen molar-refractivity contribution in [1.29, 1.82) is 0 Å². The van der Waals surface area contributed by atoms with Gasteiger partial charge in [0.25, 0.3) is 11.8 Å². The van der Waals surface area contributed by atoms with Gasteiger partial charge in [0, 0.05) is 38.2 Å². The van der Waals surface area contributed by atoms with Crippen LogP contribution in [0.2, 0.25) is 0 Å². The average molecular weight is 351 g/mol. The highest BCUT2D eigenvalue weighted by atomic mass is 19.3. The molecule has 1 N–H and O–H groups in total. The van der Waals surface area contributed by atoms with Gasteiger partial charge in [0.15, 0.2) is 0 Å². The maximum absolute atomic E-state index is 13.2. The molecule has 2 fully saturated rings. The van der Waals surface area contributed by atoms with Gasteiger partial charge >= 0.3 is 0 Å². The molecule has 2 amide bonds. The van der Waals surface area contributed by atoms with Crippen LogP contribution < -0.4 is 5.32 Å². The quantitative estimate of drug-likeness (QED) is 0.899. The molecular weight excluding hydrogens is 328 g/mol. The Hall–Kier alpha value is -2.02. The number of nitrogens with zero attached hydrogens (tertiary/aromatic N) is 2. The number of piperazine rings is 1. The van der Waals surface area contributed by atoms with Crippen molar-refractivity contribution in [2.45, 2.75) is 31.7 Å². The first kappa shape index (κ1) is 17.8. The molecule has 1 atom stereocenters. The van der Waals surface area contributed by atoms with Crippen LogP contribution in [0.25, 0.3) is 0 Å². The van der Waals surface area contributed by atoms with Gasteiger partial charge in [-0.25, -0.2) is 8.78 Å². The van der Waals surface area contributed by atoms with E-state index >= 15 is 0 Å². The second-order valence-electron chi connectivity index (χ2n) is 6.66. The Balaban J connectivity index is 1.54. The van der Waals surface area contributed by atoms with E-state index < -0.39 is 24.9 Å². The summed E-state index contributed by atoms with van der Waals surface area (Å²) in [4.78, 5) is 28.1. The van der Waals surface area contributed by atoms with Gasteiger partial charge in [-0.05, 0) is 24.1 Å². The molecular formula is C18H23F2N3O2. The van der Waals surface area contributed by atoms with Gasteiger partial charge in [0.2, 0.25) is 5.91 Å². The molecule has 25 heavy (non-hydrogen) atoms. The highest BCUT2D eigenvalue weighted by Gasteiger charge is 2.43. The summed E-state index contributed by atoms with van der Waals surface area (Å²) in [5, 5.41) is 2.59. The van der Waals surface area contributed by atoms with Crippen LogP contribution in [0.15, 0.2) is 24.3 Å². The molecule has 2 aliphatic heterocycles. The van der Waals surface area contributed by atoms with E-state index in [1.54, 1.807) is 9.80 Å². The van der Waals surface area contributed by atoms with Crippen molar-refractivity contribution in [1.82, 2.24) is 15.1 Å². The Morgan fingerprint density at radius 1 is 1.12 bits per heavy atom. The number of rotatable bonds is 3. The van der Waals surface area contributed by atoms with Crippen LogP contribution >= 0.6 is 0 Å². The molecule has 2 heterocycles. The number of benzene rings is 1. The molecule has 7 heteroatoms. The second kappa shape index (κ2) is 7.07. The van der Waals surface area contributed by atoms with E-state index in [0.29, 0.717) is 31.7 Å². The van der Waals surface area contributed by atoms with E-state index in [2.05, 4.69) is 12.2 Å². The number of alkyl halides is 2. The lowest BCUT2D eigenvalue weighted by Gasteiger charge is -2.36. The van der Waals surface area contributed by atoms with Crippen molar-refractivity contribution in [2.24, 2.45) is 0 Å². The first-order chi connectivity index (χ1) is 11.9. The van der Waals surface area contributed by atoms with Crippen molar-refractivity contribution >= 4 is 11.8 Å². The summed E-state index contributed by atoms with van der Waals surface area (Å²) in [6.45, 7) is 3.20. The fourth-order valence-corrected chi connectivity index (χ4v) is 3.31. The van der Waals surface area contributed by atoms with Crippen LogP contribution in [0.5, 0.6) is 0 Å². The van der Waals surface area contributed by atoms with Gasteiger partial charge in [-0.15, -0.1) is 0 Å². The number of carbonyl (C=O) groups excluding carboxylic acids is 2. The average Bonchev–Trinajstić information content (AvgIpc) is 3.00. The number of hydrogen-bond donors (Lipinski definition) is 1. The first-order valence-corrected chi connectivity index (χ1v) is 8.68. The van der Waals surface area contributed by atoms with Crippen LogP contribution in [0.1, 0.15) is 29.3 Å². The third-order valence-electron chi connectivity index (χ3n) is 4.90. The molecule has 1 aromatic carbocycles. The summed E-state index contributed by atoms with van der Waals surface area (Å²) in [6.07, 6.45) is 0.470. The van der Waals surface area contributed by atoms with Crippen LogP contribution in [-0.2, 0) is 11.2 Å². The lowest BCUT2D eigenvalue weighted by atomic mass is 10.1. The maximum Gasteiger partial charge on any atom is 0.262 e. The highest BCUT2D eigenvalue weighted by molar-refractivity contribution is 5.94. The van der Waals surface area contributed by atoms with E-state index in [4.69, 9.17) is 0 Å². The van der Waals surface area contributed by atoms with Gasteiger partial charge < -0.3 is 9.80 Å². The number of hydrogen-bond acceptors (Lipinski definition) is 3. The predicted octanol–water partition coefficient (Wildman–Crippen LogP) is 1.53. The Bertz CT molecular complexity index is 640. The van der Waals surface area contributed by atoms with Crippen LogP contribution in [-0.4, -0.2) is 66.3 Å².